The first-order valence-corrected chi connectivity index (χ1v) is 11.5. The molecule has 0 heterocycles. The zero-order chi connectivity index (χ0) is 22.3. The quantitative estimate of drug-likeness (QED) is 0.620. The first kappa shape index (κ1) is 23.9. The Balaban J connectivity index is 2.14. The maximum atomic E-state index is 12.7. The first-order chi connectivity index (χ1) is 14.1. The molecule has 2 aromatic carbocycles. The van der Waals surface area contributed by atoms with Crippen LogP contribution in [-0.2, 0) is 21.2 Å². The summed E-state index contributed by atoms with van der Waals surface area (Å²) in [5, 5.41) is 3.13. The van der Waals surface area contributed by atoms with Crippen molar-refractivity contribution in [3.05, 3.63) is 59.7 Å². The van der Waals surface area contributed by atoms with Crippen molar-refractivity contribution < 1.29 is 17.9 Å². The lowest BCUT2D eigenvalue weighted by Crippen LogP contribution is -2.29. The summed E-state index contributed by atoms with van der Waals surface area (Å²) in [4.78, 5) is 12.9. The molecule has 1 amide bonds. The van der Waals surface area contributed by atoms with E-state index in [0.29, 0.717) is 23.7 Å². The van der Waals surface area contributed by atoms with Crippen molar-refractivity contribution in [2.75, 3.05) is 21.2 Å². The molecular weight excluding hydrogens is 400 g/mol. The van der Waals surface area contributed by atoms with Crippen molar-refractivity contribution in [1.29, 1.82) is 0 Å². The third kappa shape index (κ3) is 6.31. The number of aryl methyl sites for hydroxylation is 1. The third-order valence-corrected chi connectivity index (χ3v) is 6.71. The molecule has 2 rings (SSSR count). The minimum absolute atomic E-state index is 0.0546. The van der Waals surface area contributed by atoms with E-state index in [9.17, 15) is 13.2 Å². The molecule has 0 spiro atoms. The van der Waals surface area contributed by atoms with Crippen LogP contribution in [-0.4, -0.2) is 39.8 Å². The van der Waals surface area contributed by atoms with Crippen LogP contribution in [0.2, 0.25) is 0 Å². The first-order valence-electron chi connectivity index (χ1n) is 10.1. The summed E-state index contributed by atoms with van der Waals surface area (Å²) in [5.41, 5.74) is 1.77. The number of hydrogen-bond acceptors (Lipinski definition) is 4. The number of carbonyl (C=O) groups is 1. The Kier molecular flexibility index (Phi) is 8.43. The van der Waals surface area contributed by atoms with E-state index in [1.165, 1.54) is 31.6 Å². The lowest BCUT2D eigenvalue weighted by Gasteiger charge is -2.21. The zero-order valence-electron chi connectivity index (χ0n) is 18.4. The smallest absolute Gasteiger partial charge is 0.242 e. The number of benzene rings is 2. The number of ether oxygens (including phenoxy) is 1. The van der Waals surface area contributed by atoms with Crippen molar-refractivity contribution in [3.63, 3.8) is 0 Å². The van der Waals surface area contributed by atoms with E-state index in [1.54, 1.807) is 12.1 Å². The van der Waals surface area contributed by atoms with E-state index in [1.807, 2.05) is 30.3 Å². The molecule has 0 aliphatic heterocycles. The Morgan fingerprint density at radius 2 is 1.77 bits per heavy atom. The van der Waals surface area contributed by atoms with Gasteiger partial charge in [-0.05, 0) is 48.1 Å². The molecule has 1 N–H and O–H groups in total. The van der Waals surface area contributed by atoms with Crippen LogP contribution in [0.15, 0.2) is 53.4 Å². The SMILES string of the molecule is COc1ccc(S(=O)(=O)N(C)C)cc1CCC(=O)N[C@H](CC(C)C)c1ccccc1. The Hall–Kier alpha value is -2.38. The highest BCUT2D eigenvalue weighted by molar-refractivity contribution is 7.89. The van der Waals surface area contributed by atoms with Gasteiger partial charge >= 0.3 is 0 Å². The molecule has 6 nitrogen and oxygen atoms in total. The van der Waals surface area contributed by atoms with Crippen LogP contribution in [0.25, 0.3) is 0 Å². The van der Waals surface area contributed by atoms with Gasteiger partial charge < -0.3 is 10.1 Å². The second kappa shape index (κ2) is 10.6. The maximum Gasteiger partial charge on any atom is 0.242 e. The van der Waals surface area contributed by atoms with Gasteiger partial charge in [0.15, 0.2) is 0 Å². The van der Waals surface area contributed by atoms with Crippen LogP contribution < -0.4 is 10.1 Å². The molecule has 0 saturated carbocycles. The summed E-state index contributed by atoms with van der Waals surface area (Å²) < 4.78 is 31.4. The maximum absolute atomic E-state index is 12.7. The Morgan fingerprint density at radius 3 is 2.33 bits per heavy atom. The summed E-state index contributed by atoms with van der Waals surface area (Å²) in [6, 6.07) is 14.6. The predicted molar refractivity (Wildman–Crippen MR) is 119 cm³/mol. The Morgan fingerprint density at radius 1 is 1.10 bits per heavy atom. The monoisotopic (exact) mass is 432 g/mol. The van der Waals surface area contributed by atoms with Gasteiger partial charge in [-0.25, -0.2) is 12.7 Å². The second-order valence-corrected chi connectivity index (χ2v) is 10.1. The Bertz CT molecular complexity index is 941. The average Bonchev–Trinajstić information content (AvgIpc) is 2.71. The highest BCUT2D eigenvalue weighted by atomic mass is 32.2. The number of rotatable bonds is 10. The van der Waals surface area contributed by atoms with Gasteiger partial charge in [-0.15, -0.1) is 0 Å². The van der Waals surface area contributed by atoms with Gasteiger partial charge in [-0.2, -0.15) is 0 Å². The topological polar surface area (TPSA) is 75.7 Å². The molecule has 30 heavy (non-hydrogen) atoms. The molecule has 0 aromatic heterocycles. The zero-order valence-corrected chi connectivity index (χ0v) is 19.2. The van der Waals surface area contributed by atoms with Gasteiger partial charge in [0.05, 0.1) is 18.0 Å². The van der Waals surface area contributed by atoms with Crippen LogP contribution >= 0.6 is 0 Å². The van der Waals surface area contributed by atoms with Crippen molar-refractivity contribution in [1.82, 2.24) is 9.62 Å². The largest absolute Gasteiger partial charge is 0.496 e. The summed E-state index contributed by atoms with van der Waals surface area (Å²) in [7, 11) is 0.963. The fourth-order valence-electron chi connectivity index (χ4n) is 3.27. The highest BCUT2D eigenvalue weighted by Gasteiger charge is 2.20. The number of amides is 1. The molecule has 0 bridgehead atoms. The Labute approximate surface area is 180 Å². The number of nitrogens with zero attached hydrogens (tertiary/aromatic N) is 1. The molecule has 1 atom stereocenters. The van der Waals surface area contributed by atoms with Crippen molar-refractivity contribution in [3.8, 4) is 5.75 Å². The van der Waals surface area contributed by atoms with Crippen LogP contribution in [0.3, 0.4) is 0 Å². The lowest BCUT2D eigenvalue weighted by atomic mass is 9.96. The standard InChI is InChI=1S/C23H32N2O4S/c1-17(2)15-21(18-9-7-6-8-10-18)24-23(26)14-11-19-16-20(12-13-22(19)29-5)30(27,28)25(3)4/h6-10,12-13,16-17,21H,11,14-15H2,1-5H3,(H,24,26)/t21-/m1/s1. The molecule has 164 valence electrons. The molecule has 7 heteroatoms. The molecule has 0 aliphatic rings. The average molecular weight is 433 g/mol. The molecule has 0 saturated heterocycles. The van der Waals surface area contributed by atoms with Gasteiger partial charge in [-0.1, -0.05) is 44.2 Å². The van der Waals surface area contributed by atoms with Gasteiger partial charge in [0.25, 0.3) is 0 Å². The van der Waals surface area contributed by atoms with E-state index in [2.05, 4.69) is 19.2 Å². The number of sulfonamides is 1. The van der Waals surface area contributed by atoms with E-state index < -0.39 is 10.0 Å². The molecular formula is C23H32N2O4S. The van der Waals surface area contributed by atoms with Crippen molar-refractivity contribution in [2.45, 2.75) is 44.0 Å². The van der Waals surface area contributed by atoms with Gasteiger partial charge in [-0.3, -0.25) is 4.79 Å². The predicted octanol–water partition coefficient (Wildman–Crippen LogP) is 3.78. The number of carbonyl (C=O) groups excluding carboxylic acids is 1. The summed E-state index contributed by atoms with van der Waals surface area (Å²) in [6.45, 7) is 4.26. The van der Waals surface area contributed by atoms with E-state index in [4.69, 9.17) is 4.74 Å². The summed E-state index contributed by atoms with van der Waals surface area (Å²) in [5.74, 6) is 0.929. The van der Waals surface area contributed by atoms with Gasteiger partial charge in [0, 0.05) is 20.5 Å². The van der Waals surface area contributed by atoms with Gasteiger partial charge in [0.2, 0.25) is 15.9 Å². The second-order valence-electron chi connectivity index (χ2n) is 7.92. The van der Waals surface area contributed by atoms with Crippen molar-refractivity contribution in [2.24, 2.45) is 5.92 Å². The lowest BCUT2D eigenvalue weighted by molar-refractivity contribution is -0.121. The van der Waals surface area contributed by atoms with Crippen LogP contribution in [0.5, 0.6) is 5.75 Å². The minimum Gasteiger partial charge on any atom is -0.496 e. The van der Waals surface area contributed by atoms with E-state index in [0.717, 1.165) is 12.0 Å². The summed E-state index contributed by atoms with van der Waals surface area (Å²) in [6.07, 6.45) is 1.47. The fraction of sp³-hybridized carbons (Fsp3) is 0.435. The molecule has 0 radical (unpaired) electrons. The molecule has 0 aliphatic carbocycles. The van der Waals surface area contributed by atoms with Crippen molar-refractivity contribution >= 4 is 15.9 Å². The number of nitrogens with one attached hydrogen (secondary N) is 1. The van der Waals surface area contributed by atoms with Gasteiger partial charge in [0.1, 0.15) is 5.75 Å². The van der Waals surface area contributed by atoms with E-state index in [-0.39, 0.29) is 23.3 Å². The summed E-state index contributed by atoms with van der Waals surface area (Å²) >= 11 is 0. The normalized spacial score (nSPS) is 12.8. The molecule has 0 fully saturated rings. The van der Waals surface area contributed by atoms with Crippen LogP contribution in [0, 0.1) is 5.92 Å². The number of hydrogen-bond donors (Lipinski definition) is 1. The number of methoxy groups -OCH3 is 1. The highest BCUT2D eigenvalue weighted by Crippen LogP contribution is 2.26. The van der Waals surface area contributed by atoms with E-state index >= 15 is 0 Å². The fourth-order valence-corrected chi connectivity index (χ4v) is 4.22. The molecule has 2 aromatic rings. The third-order valence-electron chi connectivity index (χ3n) is 4.90. The van der Waals surface area contributed by atoms with Crippen LogP contribution in [0.1, 0.15) is 43.9 Å². The minimum atomic E-state index is -3.55. The molecule has 0 unspecified atom stereocenters. The van der Waals surface area contributed by atoms with Crippen LogP contribution in [0.4, 0.5) is 0 Å².